The summed E-state index contributed by atoms with van der Waals surface area (Å²) in [5, 5.41) is 4.33. The molecule has 3 rings (SSSR count). The largest absolute Gasteiger partial charge is 0.339 e. The van der Waals surface area contributed by atoms with Crippen molar-refractivity contribution < 1.29 is 13.2 Å². The van der Waals surface area contributed by atoms with E-state index in [2.05, 4.69) is 15.1 Å². The van der Waals surface area contributed by atoms with Crippen molar-refractivity contribution in [3.05, 3.63) is 35.2 Å². The van der Waals surface area contributed by atoms with Crippen LogP contribution in [0.25, 0.3) is 0 Å². The molecule has 9 nitrogen and oxygen atoms in total. The monoisotopic (exact) mass is 448 g/mol. The Morgan fingerprint density at radius 3 is 2.52 bits per heavy atom. The van der Waals surface area contributed by atoms with Gasteiger partial charge in [0.1, 0.15) is 10.7 Å². The quantitative estimate of drug-likeness (QED) is 0.614. The molecule has 1 atom stereocenters. The fourth-order valence-corrected chi connectivity index (χ4v) is 5.63. The van der Waals surface area contributed by atoms with Crippen molar-refractivity contribution in [2.45, 2.75) is 64.8 Å². The van der Waals surface area contributed by atoms with Gasteiger partial charge >= 0.3 is 0 Å². The summed E-state index contributed by atoms with van der Waals surface area (Å²) in [6, 6.07) is 0. The molecule has 1 aliphatic heterocycles. The lowest BCUT2D eigenvalue weighted by Crippen LogP contribution is -2.31. The second kappa shape index (κ2) is 9.44. The van der Waals surface area contributed by atoms with Crippen LogP contribution < -0.4 is 0 Å². The highest BCUT2D eigenvalue weighted by Crippen LogP contribution is 2.30. The summed E-state index contributed by atoms with van der Waals surface area (Å²) in [4.78, 5) is 23.6. The number of rotatable bonds is 8. The van der Waals surface area contributed by atoms with Crippen molar-refractivity contribution in [1.82, 2.24) is 29.0 Å². The zero-order valence-electron chi connectivity index (χ0n) is 19.0. The van der Waals surface area contributed by atoms with Crippen molar-refractivity contribution in [3.63, 3.8) is 0 Å². The summed E-state index contributed by atoms with van der Waals surface area (Å²) in [6.07, 6.45) is 4.73. The number of carbonyl (C=O) groups excluding carboxylic acids is 1. The Kier molecular flexibility index (Phi) is 7.10. The Labute approximate surface area is 184 Å². The average molecular weight is 449 g/mol. The Hall–Kier alpha value is -2.33. The molecule has 1 aliphatic rings. The molecule has 1 fully saturated rings. The van der Waals surface area contributed by atoms with Crippen LogP contribution in [-0.2, 0) is 16.6 Å². The van der Waals surface area contributed by atoms with Crippen molar-refractivity contribution in [2.75, 3.05) is 26.2 Å². The number of carbonyl (C=O) groups is 1. The molecule has 170 valence electrons. The maximum Gasteiger partial charge on any atom is 0.257 e. The van der Waals surface area contributed by atoms with Crippen LogP contribution in [0.15, 0.2) is 17.3 Å². The number of hydrogen-bond acceptors (Lipinski definition) is 6. The van der Waals surface area contributed by atoms with Gasteiger partial charge in [-0.05, 0) is 40.5 Å². The van der Waals surface area contributed by atoms with E-state index in [0.29, 0.717) is 61.9 Å². The van der Waals surface area contributed by atoms with Crippen molar-refractivity contribution in [2.24, 2.45) is 0 Å². The van der Waals surface area contributed by atoms with Gasteiger partial charge in [-0.15, -0.1) is 0 Å². The molecule has 1 amide bonds. The molecule has 1 saturated heterocycles. The summed E-state index contributed by atoms with van der Waals surface area (Å²) in [7, 11) is -3.62. The fourth-order valence-electron chi connectivity index (χ4n) is 3.97. The highest BCUT2D eigenvalue weighted by Gasteiger charge is 2.36. The summed E-state index contributed by atoms with van der Waals surface area (Å²) in [5.41, 5.74) is 1.64. The number of hydrogen-bond donors (Lipinski definition) is 0. The summed E-state index contributed by atoms with van der Waals surface area (Å²) < 4.78 is 29.5. The molecule has 31 heavy (non-hydrogen) atoms. The van der Waals surface area contributed by atoms with Gasteiger partial charge in [0.2, 0.25) is 10.0 Å². The third-order valence-corrected chi connectivity index (χ3v) is 7.74. The predicted octanol–water partition coefficient (Wildman–Crippen LogP) is 2.36. The predicted molar refractivity (Wildman–Crippen MR) is 117 cm³/mol. The van der Waals surface area contributed by atoms with Gasteiger partial charge in [0.25, 0.3) is 5.91 Å². The molecule has 0 radical (unpaired) electrons. The molecule has 0 spiro atoms. The topological polar surface area (TPSA) is 101 Å². The van der Waals surface area contributed by atoms with Gasteiger partial charge in [-0.25, -0.2) is 18.4 Å². The van der Waals surface area contributed by atoms with E-state index in [1.807, 2.05) is 20.8 Å². The second-order valence-corrected chi connectivity index (χ2v) is 9.80. The highest BCUT2D eigenvalue weighted by atomic mass is 32.2. The number of aryl methyl sites for hydroxylation is 3. The van der Waals surface area contributed by atoms with Crippen LogP contribution in [0.2, 0.25) is 0 Å². The molecular formula is C21H32N6O3S. The first kappa shape index (κ1) is 23.3. The average Bonchev–Trinajstić information content (AvgIpc) is 3.37. The molecule has 10 heteroatoms. The Morgan fingerprint density at radius 2 is 1.90 bits per heavy atom. The third-order valence-electron chi connectivity index (χ3n) is 5.77. The number of nitrogens with zero attached hydrogens (tertiary/aromatic N) is 6. The lowest BCUT2D eigenvalue weighted by Gasteiger charge is -2.20. The fraction of sp³-hybridized carbons (Fsp3) is 0.619. The summed E-state index contributed by atoms with van der Waals surface area (Å²) in [5.74, 6) is 0.408. The third kappa shape index (κ3) is 4.64. The van der Waals surface area contributed by atoms with Crippen molar-refractivity contribution in [3.8, 4) is 0 Å². The van der Waals surface area contributed by atoms with E-state index in [1.54, 1.807) is 35.8 Å². The lowest BCUT2D eigenvalue weighted by atomic mass is 10.1. The minimum Gasteiger partial charge on any atom is -0.339 e. The van der Waals surface area contributed by atoms with E-state index in [-0.39, 0.29) is 16.7 Å². The maximum absolute atomic E-state index is 13.2. The molecule has 0 unspecified atom stereocenters. The summed E-state index contributed by atoms with van der Waals surface area (Å²) in [6.45, 7) is 12.1. The molecule has 2 aromatic heterocycles. The van der Waals surface area contributed by atoms with E-state index in [4.69, 9.17) is 0 Å². The van der Waals surface area contributed by atoms with Gasteiger partial charge in [-0.2, -0.15) is 9.40 Å². The normalized spacial score (nSPS) is 17.3. The molecule has 0 aliphatic carbocycles. The standard InChI is InChI=1S/C21H32N6O3S/c1-6-10-26-14-19(16(5)24-26)31(29,30)27-11-9-17(13-27)20-22-12-18(15(4)23-20)21(28)25(7-2)8-3/h12,14,17H,6-11,13H2,1-5H3/t17-/m0/s1. The molecule has 0 aromatic carbocycles. The van der Waals surface area contributed by atoms with E-state index < -0.39 is 10.0 Å². The summed E-state index contributed by atoms with van der Waals surface area (Å²) >= 11 is 0. The maximum atomic E-state index is 13.2. The van der Waals surface area contributed by atoms with E-state index >= 15 is 0 Å². The van der Waals surface area contributed by atoms with Crippen LogP contribution in [0.3, 0.4) is 0 Å². The molecule has 3 heterocycles. The second-order valence-electron chi connectivity index (χ2n) is 7.90. The van der Waals surface area contributed by atoms with Gasteiger partial charge in [0.05, 0.1) is 17.0 Å². The van der Waals surface area contributed by atoms with E-state index in [1.165, 1.54) is 4.31 Å². The van der Waals surface area contributed by atoms with Crippen LogP contribution in [0.1, 0.15) is 67.1 Å². The first-order valence-corrected chi connectivity index (χ1v) is 12.3. The van der Waals surface area contributed by atoms with Crippen molar-refractivity contribution >= 4 is 15.9 Å². The van der Waals surface area contributed by atoms with Gasteiger partial charge in [0.15, 0.2) is 0 Å². The number of sulfonamides is 1. The molecule has 0 saturated carbocycles. The van der Waals surface area contributed by atoms with Crippen LogP contribution in [0.5, 0.6) is 0 Å². The van der Waals surface area contributed by atoms with Crippen LogP contribution in [-0.4, -0.2) is 69.5 Å². The smallest absolute Gasteiger partial charge is 0.257 e. The number of aromatic nitrogens is 4. The molecule has 0 bridgehead atoms. The minimum absolute atomic E-state index is 0.0794. The molecular weight excluding hydrogens is 416 g/mol. The first-order valence-electron chi connectivity index (χ1n) is 10.9. The Bertz CT molecular complexity index is 1050. The first-order chi connectivity index (χ1) is 14.7. The van der Waals surface area contributed by atoms with Crippen LogP contribution in [0, 0.1) is 13.8 Å². The minimum atomic E-state index is -3.62. The van der Waals surface area contributed by atoms with Crippen molar-refractivity contribution in [1.29, 1.82) is 0 Å². The van der Waals surface area contributed by atoms with Crippen LogP contribution >= 0.6 is 0 Å². The van der Waals surface area contributed by atoms with Crippen LogP contribution in [0.4, 0.5) is 0 Å². The van der Waals surface area contributed by atoms with Gasteiger partial charge in [0, 0.05) is 51.0 Å². The Morgan fingerprint density at radius 1 is 1.19 bits per heavy atom. The van der Waals surface area contributed by atoms with Gasteiger partial charge < -0.3 is 4.90 Å². The zero-order valence-corrected chi connectivity index (χ0v) is 19.8. The van der Waals surface area contributed by atoms with E-state index in [9.17, 15) is 13.2 Å². The van der Waals surface area contributed by atoms with Gasteiger partial charge in [-0.3, -0.25) is 9.48 Å². The molecule has 0 N–H and O–H groups in total. The SMILES string of the molecule is CCCn1cc(S(=O)(=O)N2CC[C@H](c3ncc(C(=O)N(CC)CC)c(C)n3)C2)c(C)n1. The zero-order chi connectivity index (χ0) is 22.8. The number of amides is 1. The lowest BCUT2D eigenvalue weighted by molar-refractivity contribution is 0.0771. The molecule has 2 aromatic rings. The van der Waals surface area contributed by atoms with Gasteiger partial charge in [-0.1, -0.05) is 6.92 Å². The Balaban J connectivity index is 1.78. The highest BCUT2D eigenvalue weighted by molar-refractivity contribution is 7.89. The van der Waals surface area contributed by atoms with E-state index in [0.717, 1.165) is 6.42 Å².